The normalized spacial score (nSPS) is 29.1. The van der Waals surface area contributed by atoms with E-state index >= 15 is 0 Å². The molecule has 0 radical (unpaired) electrons. The minimum absolute atomic E-state index is 0.0559. The Morgan fingerprint density at radius 2 is 1.48 bits per heavy atom. The summed E-state index contributed by atoms with van der Waals surface area (Å²) in [5.74, 6) is 2.91. The lowest BCUT2D eigenvalue weighted by molar-refractivity contribution is -0.149. The molecule has 2 aliphatic carbocycles. The summed E-state index contributed by atoms with van der Waals surface area (Å²) < 4.78 is 5.39. The van der Waals surface area contributed by atoms with E-state index in [2.05, 4.69) is 26.0 Å². The molecule has 0 aliphatic heterocycles. The van der Waals surface area contributed by atoms with Gasteiger partial charge in [0.2, 0.25) is 0 Å². The number of carbonyl (C=O) groups excluding carboxylic acids is 1. The van der Waals surface area contributed by atoms with E-state index in [9.17, 15) is 4.79 Å². The molecule has 2 nitrogen and oxygen atoms in total. The lowest BCUT2D eigenvalue weighted by Gasteiger charge is -2.28. The van der Waals surface area contributed by atoms with Gasteiger partial charge in [-0.15, -0.1) is 0 Å². The van der Waals surface area contributed by atoms with E-state index < -0.39 is 0 Å². The molecule has 0 aromatic carbocycles. The maximum atomic E-state index is 12.1. The Morgan fingerprint density at radius 1 is 0.852 bits per heavy atom. The number of esters is 1. The van der Waals surface area contributed by atoms with E-state index in [1.807, 2.05) is 0 Å². The van der Waals surface area contributed by atoms with Gasteiger partial charge >= 0.3 is 5.97 Å². The van der Waals surface area contributed by atoms with Crippen LogP contribution < -0.4 is 0 Å². The average molecular weight is 377 g/mol. The first-order valence-electron chi connectivity index (χ1n) is 12.1. The molecule has 2 rings (SSSR count). The summed E-state index contributed by atoms with van der Waals surface area (Å²) in [6.45, 7) is 5.04. The molecule has 0 spiro atoms. The third-order valence-electron chi connectivity index (χ3n) is 6.93. The lowest BCUT2D eigenvalue weighted by atomic mass is 9.78. The highest BCUT2D eigenvalue weighted by molar-refractivity contribution is 5.72. The van der Waals surface area contributed by atoms with Gasteiger partial charge in [0.1, 0.15) is 0 Å². The van der Waals surface area contributed by atoms with Crippen LogP contribution in [0.4, 0.5) is 0 Å². The third kappa shape index (κ3) is 8.83. The monoisotopic (exact) mass is 376 g/mol. The van der Waals surface area contributed by atoms with Crippen LogP contribution in [0.25, 0.3) is 0 Å². The zero-order valence-corrected chi connectivity index (χ0v) is 18.1. The molecular weight excluding hydrogens is 332 g/mol. The van der Waals surface area contributed by atoms with Crippen molar-refractivity contribution in [3.63, 3.8) is 0 Å². The van der Waals surface area contributed by atoms with Crippen molar-refractivity contribution in [2.24, 2.45) is 23.7 Å². The van der Waals surface area contributed by atoms with E-state index in [1.54, 1.807) is 0 Å². The van der Waals surface area contributed by atoms with Gasteiger partial charge in [-0.25, -0.2) is 0 Å². The van der Waals surface area contributed by atoms with Crippen LogP contribution in [-0.2, 0) is 9.53 Å². The van der Waals surface area contributed by atoms with Gasteiger partial charge in [-0.1, -0.05) is 77.4 Å². The number of ether oxygens (including phenoxy) is 1. The Morgan fingerprint density at radius 3 is 2.11 bits per heavy atom. The summed E-state index contributed by atoms with van der Waals surface area (Å²) in [4.78, 5) is 12.1. The summed E-state index contributed by atoms with van der Waals surface area (Å²) >= 11 is 0. The molecule has 2 saturated carbocycles. The highest BCUT2D eigenvalue weighted by Gasteiger charge is 2.26. The van der Waals surface area contributed by atoms with Gasteiger partial charge in [0, 0.05) is 0 Å². The molecule has 0 saturated heterocycles. The fourth-order valence-electron chi connectivity index (χ4n) is 4.90. The van der Waals surface area contributed by atoms with Crippen LogP contribution in [0.1, 0.15) is 110 Å². The van der Waals surface area contributed by atoms with Crippen molar-refractivity contribution in [2.75, 3.05) is 6.61 Å². The lowest BCUT2D eigenvalue weighted by Crippen LogP contribution is -2.23. The fraction of sp³-hybridized carbons (Fsp3) is 0.880. The number of carbonyl (C=O) groups is 1. The highest BCUT2D eigenvalue weighted by atomic mass is 16.5. The molecule has 2 fully saturated rings. The van der Waals surface area contributed by atoms with Crippen LogP contribution in [0.5, 0.6) is 0 Å². The number of rotatable bonds is 11. The first kappa shape index (κ1) is 22.5. The summed E-state index contributed by atoms with van der Waals surface area (Å²) in [5, 5.41) is 0. The van der Waals surface area contributed by atoms with Crippen LogP contribution in [0.2, 0.25) is 0 Å². The molecule has 0 aromatic heterocycles. The molecule has 0 heterocycles. The number of hydrogen-bond acceptors (Lipinski definition) is 2. The van der Waals surface area contributed by atoms with Gasteiger partial charge < -0.3 is 4.74 Å². The second kappa shape index (κ2) is 13.4. The predicted octanol–water partition coefficient (Wildman–Crippen LogP) is 7.47. The van der Waals surface area contributed by atoms with Crippen molar-refractivity contribution in [3.05, 3.63) is 12.2 Å². The van der Waals surface area contributed by atoms with E-state index in [1.165, 1.54) is 57.8 Å². The molecule has 156 valence electrons. The first-order valence-corrected chi connectivity index (χ1v) is 12.1. The van der Waals surface area contributed by atoms with Crippen LogP contribution in [0.15, 0.2) is 12.2 Å². The van der Waals surface area contributed by atoms with Gasteiger partial charge in [0.25, 0.3) is 0 Å². The third-order valence-corrected chi connectivity index (χ3v) is 6.93. The van der Waals surface area contributed by atoms with Crippen LogP contribution in [0.3, 0.4) is 0 Å². The Hall–Kier alpha value is -0.790. The minimum atomic E-state index is 0.0559. The Labute approximate surface area is 168 Å². The Balaban J connectivity index is 1.53. The molecule has 0 bridgehead atoms. The molecule has 0 amide bonds. The van der Waals surface area contributed by atoms with E-state index in [4.69, 9.17) is 4.74 Å². The summed E-state index contributed by atoms with van der Waals surface area (Å²) in [6, 6.07) is 0. The largest absolute Gasteiger partial charge is 0.465 e. The second-order valence-corrected chi connectivity index (χ2v) is 9.17. The van der Waals surface area contributed by atoms with E-state index in [0.29, 0.717) is 12.5 Å². The van der Waals surface area contributed by atoms with Crippen molar-refractivity contribution < 1.29 is 9.53 Å². The maximum absolute atomic E-state index is 12.1. The summed E-state index contributed by atoms with van der Waals surface area (Å²) in [7, 11) is 0. The minimum Gasteiger partial charge on any atom is -0.465 e. The van der Waals surface area contributed by atoms with E-state index in [-0.39, 0.29) is 11.9 Å². The van der Waals surface area contributed by atoms with Crippen molar-refractivity contribution in [2.45, 2.75) is 110 Å². The number of unbranched alkanes of at least 4 members (excludes halogenated alkanes) is 2. The van der Waals surface area contributed by atoms with Crippen molar-refractivity contribution in [3.8, 4) is 0 Å². The van der Waals surface area contributed by atoms with Crippen molar-refractivity contribution in [1.29, 1.82) is 0 Å². The van der Waals surface area contributed by atoms with Crippen LogP contribution >= 0.6 is 0 Å². The summed E-state index contributed by atoms with van der Waals surface area (Å²) in [6.07, 6.45) is 24.1. The van der Waals surface area contributed by atoms with Gasteiger partial charge in [0.05, 0.1) is 12.5 Å². The Bertz CT molecular complexity index is 412. The maximum Gasteiger partial charge on any atom is 0.308 e. The van der Waals surface area contributed by atoms with E-state index in [0.717, 1.165) is 50.4 Å². The van der Waals surface area contributed by atoms with Gasteiger partial charge in [0.15, 0.2) is 0 Å². The smallest absolute Gasteiger partial charge is 0.308 e. The number of hydrogen-bond donors (Lipinski definition) is 0. The predicted molar refractivity (Wildman–Crippen MR) is 115 cm³/mol. The molecule has 2 heteroatoms. The Kier molecular flexibility index (Phi) is 11.2. The van der Waals surface area contributed by atoms with Crippen LogP contribution in [-0.4, -0.2) is 12.6 Å². The molecule has 0 N–H and O–H groups in total. The molecule has 0 atom stereocenters. The zero-order chi connectivity index (χ0) is 19.3. The van der Waals surface area contributed by atoms with Gasteiger partial charge in [-0.3, -0.25) is 4.79 Å². The van der Waals surface area contributed by atoms with Crippen molar-refractivity contribution in [1.82, 2.24) is 0 Å². The molecular formula is C25H44O2. The molecule has 27 heavy (non-hydrogen) atoms. The standard InChI is InChI=1S/C25H44O2/c1-3-5-9-21-12-14-22(15-13-21)10-7-8-11-23-16-18-24(19-17-23)25(26)27-20-6-4-2/h8,11,21-24H,3-7,9-10,12-20H2,1-2H3/b11-8+. The molecule has 0 aromatic rings. The topological polar surface area (TPSA) is 26.3 Å². The van der Waals surface area contributed by atoms with Gasteiger partial charge in [-0.05, 0) is 62.7 Å². The first-order chi connectivity index (χ1) is 13.2. The fourth-order valence-corrected chi connectivity index (χ4v) is 4.90. The van der Waals surface area contributed by atoms with Gasteiger partial charge in [-0.2, -0.15) is 0 Å². The molecule has 2 aliphatic rings. The SMILES string of the molecule is CCCCOC(=O)C1CCC(/C=C/CCC2CCC(CCCC)CC2)CC1. The molecule has 0 unspecified atom stereocenters. The quantitative estimate of drug-likeness (QED) is 0.212. The van der Waals surface area contributed by atoms with Crippen LogP contribution in [0, 0.1) is 23.7 Å². The second-order valence-electron chi connectivity index (χ2n) is 9.17. The van der Waals surface area contributed by atoms with Crippen molar-refractivity contribution >= 4 is 5.97 Å². The summed E-state index contributed by atoms with van der Waals surface area (Å²) in [5.41, 5.74) is 0. The zero-order valence-electron chi connectivity index (χ0n) is 18.1. The number of allylic oxidation sites excluding steroid dienone is 2. The average Bonchev–Trinajstić information content (AvgIpc) is 2.71. The highest BCUT2D eigenvalue weighted by Crippen LogP contribution is 2.34.